The van der Waals surface area contributed by atoms with Crippen molar-refractivity contribution in [2.75, 3.05) is 11.4 Å². The molecule has 3 heterocycles. The van der Waals surface area contributed by atoms with E-state index >= 15 is 0 Å². The first-order valence-corrected chi connectivity index (χ1v) is 8.97. The second-order valence-electron chi connectivity index (χ2n) is 6.75. The van der Waals surface area contributed by atoms with E-state index in [9.17, 15) is 9.59 Å². The third-order valence-electron chi connectivity index (χ3n) is 5.19. The lowest BCUT2D eigenvalue weighted by atomic mass is 10.0. The van der Waals surface area contributed by atoms with Crippen molar-refractivity contribution in [2.24, 2.45) is 0 Å². The van der Waals surface area contributed by atoms with Crippen LogP contribution in [-0.2, 0) is 17.8 Å². The Labute approximate surface area is 155 Å². The normalized spacial score (nSPS) is 13.3. The molecular formula is C22H17N3O2. The largest absolute Gasteiger partial charge is 0.337 e. The summed E-state index contributed by atoms with van der Waals surface area (Å²) in [6.45, 7) is 1.24. The second kappa shape index (κ2) is 6.06. The quantitative estimate of drug-likeness (QED) is 0.519. The van der Waals surface area contributed by atoms with Crippen LogP contribution in [0.1, 0.15) is 5.56 Å². The molecule has 5 heteroatoms. The van der Waals surface area contributed by atoms with E-state index in [-0.39, 0.29) is 11.3 Å². The van der Waals surface area contributed by atoms with Crippen molar-refractivity contribution < 1.29 is 4.79 Å². The molecule has 27 heavy (non-hydrogen) atoms. The number of aromatic nitrogens is 2. The van der Waals surface area contributed by atoms with Gasteiger partial charge in [0.05, 0.1) is 23.1 Å². The summed E-state index contributed by atoms with van der Waals surface area (Å²) in [5, 5.41) is 1.38. The molecule has 0 saturated heterocycles. The highest BCUT2D eigenvalue weighted by Crippen LogP contribution is 2.32. The number of carbonyl (C=O) groups is 1. The first-order chi connectivity index (χ1) is 13.2. The van der Waals surface area contributed by atoms with E-state index in [0.717, 1.165) is 27.7 Å². The Morgan fingerprint density at radius 1 is 0.963 bits per heavy atom. The summed E-state index contributed by atoms with van der Waals surface area (Å²) in [7, 11) is 0. The number of para-hydroxylation sites is 2. The van der Waals surface area contributed by atoms with Crippen LogP contribution in [0.2, 0.25) is 0 Å². The van der Waals surface area contributed by atoms with E-state index in [1.807, 2.05) is 54.6 Å². The van der Waals surface area contributed by atoms with Gasteiger partial charge in [0, 0.05) is 36.3 Å². The number of rotatable bonds is 2. The van der Waals surface area contributed by atoms with Crippen LogP contribution in [0.5, 0.6) is 0 Å². The van der Waals surface area contributed by atoms with Crippen LogP contribution in [0, 0.1) is 0 Å². The fraction of sp³-hybridized carbons (Fsp3) is 0.136. The fourth-order valence-corrected chi connectivity index (χ4v) is 3.97. The van der Waals surface area contributed by atoms with Crippen LogP contribution in [0.4, 0.5) is 5.69 Å². The average Bonchev–Trinajstić information content (AvgIpc) is 2.72. The van der Waals surface area contributed by atoms with Crippen molar-refractivity contribution in [2.45, 2.75) is 13.0 Å². The maximum Gasteiger partial charge on any atom is 0.231 e. The van der Waals surface area contributed by atoms with Crippen LogP contribution in [0.3, 0.4) is 0 Å². The lowest BCUT2D eigenvalue weighted by Crippen LogP contribution is -2.38. The molecule has 2 aromatic heterocycles. The highest BCUT2D eigenvalue weighted by molar-refractivity contribution is 6.06. The van der Waals surface area contributed by atoms with E-state index in [4.69, 9.17) is 0 Å². The number of pyridine rings is 2. The van der Waals surface area contributed by atoms with Gasteiger partial charge in [-0.05, 0) is 35.9 Å². The third-order valence-corrected chi connectivity index (χ3v) is 5.19. The Hall–Kier alpha value is -3.47. The number of anilines is 1. The zero-order chi connectivity index (χ0) is 18.4. The maximum absolute atomic E-state index is 13.0. The highest BCUT2D eigenvalue weighted by Gasteiger charge is 2.25. The molecule has 0 bridgehead atoms. The van der Waals surface area contributed by atoms with E-state index in [2.05, 4.69) is 9.55 Å². The van der Waals surface area contributed by atoms with Crippen molar-refractivity contribution >= 4 is 33.4 Å². The molecule has 0 fully saturated rings. The number of nitrogens with zero attached hydrogens (tertiary/aromatic N) is 3. The Balaban J connectivity index is 1.69. The first kappa shape index (κ1) is 15.8. The van der Waals surface area contributed by atoms with Crippen molar-refractivity contribution in [1.29, 1.82) is 0 Å². The first-order valence-electron chi connectivity index (χ1n) is 8.97. The van der Waals surface area contributed by atoms with Crippen molar-refractivity contribution in [3.05, 3.63) is 82.8 Å². The summed E-state index contributed by atoms with van der Waals surface area (Å²) in [4.78, 5) is 31.8. The average molecular weight is 355 g/mol. The van der Waals surface area contributed by atoms with Crippen LogP contribution >= 0.6 is 0 Å². The topological polar surface area (TPSA) is 55.2 Å². The zero-order valence-electron chi connectivity index (χ0n) is 14.6. The van der Waals surface area contributed by atoms with Gasteiger partial charge in [-0.2, -0.15) is 0 Å². The zero-order valence-corrected chi connectivity index (χ0v) is 14.6. The molecule has 132 valence electrons. The Morgan fingerprint density at radius 3 is 2.67 bits per heavy atom. The third kappa shape index (κ3) is 2.43. The molecule has 1 amide bonds. The van der Waals surface area contributed by atoms with Gasteiger partial charge < -0.3 is 9.47 Å². The van der Waals surface area contributed by atoms with Gasteiger partial charge in [0.15, 0.2) is 5.43 Å². The van der Waals surface area contributed by atoms with Gasteiger partial charge in [-0.15, -0.1) is 0 Å². The number of carbonyl (C=O) groups excluding carboxylic acids is 1. The van der Waals surface area contributed by atoms with E-state index < -0.39 is 0 Å². The Bertz CT molecular complexity index is 1250. The Kier molecular flexibility index (Phi) is 3.53. The van der Waals surface area contributed by atoms with Crippen LogP contribution in [0.15, 0.2) is 71.8 Å². The number of fused-ring (bicyclic) bond motifs is 2. The molecule has 0 N–H and O–H groups in total. The summed E-state index contributed by atoms with van der Waals surface area (Å²) < 4.78 is 2.16. The minimum Gasteiger partial charge on any atom is -0.337 e. The molecule has 5 rings (SSSR count). The molecule has 0 saturated carbocycles. The summed E-state index contributed by atoms with van der Waals surface area (Å²) in [5.41, 5.74) is 3.46. The van der Waals surface area contributed by atoms with Gasteiger partial charge in [-0.3, -0.25) is 14.6 Å². The van der Waals surface area contributed by atoms with E-state index in [1.165, 1.54) is 0 Å². The maximum atomic E-state index is 13.0. The molecule has 0 radical (unpaired) electrons. The molecule has 0 atom stereocenters. The van der Waals surface area contributed by atoms with Gasteiger partial charge >= 0.3 is 0 Å². The van der Waals surface area contributed by atoms with Crippen LogP contribution in [0.25, 0.3) is 21.8 Å². The molecule has 5 nitrogen and oxygen atoms in total. The minimum absolute atomic E-state index is 0.0141. The van der Waals surface area contributed by atoms with Gasteiger partial charge in [-0.25, -0.2) is 0 Å². The van der Waals surface area contributed by atoms with Crippen LogP contribution < -0.4 is 10.3 Å². The smallest absolute Gasteiger partial charge is 0.231 e. The standard InChI is InChI=1S/C22H17N3O2/c26-20(13-15-5-4-10-23-14-15)24-11-12-25-18-8-2-1-6-16(18)22(27)17-7-3-9-19(24)21(17)25/h1-10,14H,11-13H2. The molecule has 0 unspecified atom stereocenters. The summed E-state index contributed by atoms with van der Waals surface area (Å²) in [6.07, 6.45) is 3.71. The number of hydrogen-bond donors (Lipinski definition) is 0. The molecule has 1 aliphatic rings. The highest BCUT2D eigenvalue weighted by atomic mass is 16.2. The predicted molar refractivity (Wildman–Crippen MR) is 106 cm³/mol. The lowest BCUT2D eigenvalue weighted by Gasteiger charge is -2.31. The monoisotopic (exact) mass is 355 g/mol. The number of hydrogen-bond acceptors (Lipinski definition) is 3. The van der Waals surface area contributed by atoms with E-state index in [1.54, 1.807) is 17.3 Å². The predicted octanol–water partition coefficient (Wildman–Crippen LogP) is 3.14. The van der Waals surface area contributed by atoms with Crippen molar-refractivity contribution in [3.8, 4) is 0 Å². The number of benzene rings is 2. The summed E-state index contributed by atoms with van der Waals surface area (Å²) in [6, 6.07) is 17.0. The van der Waals surface area contributed by atoms with E-state index in [0.29, 0.717) is 24.9 Å². The summed E-state index contributed by atoms with van der Waals surface area (Å²) in [5.74, 6) is 0.0161. The molecular weight excluding hydrogens is 338 g/mol. The minimum atomic E-state index is 0.0141. The van der Waals surface area contributed by atoms with Crippen LogP contribution in [-0.4, -0.2) is 22.0 Å². The van der Waals surface area contributed by atoms with Crippen molar-refractivity contribution in [3.63, 3.8) is 0 Å². The van der Waals surface area contributed by atoms with Gasteiger partial charge in [0.1, 0.15) is 0 Å². The lowest BCUT2D eigenvalue weighted by molar-refractivity contribution is -0.118. The molecule has 0 spiro atoms. The Morgan fingerprint density at radius 2 is 1.81 bits per heavy atom. The van der Waals surface area contributed by atoms with Gasteiger partial charge in [-0.1, -0.05) is 24.3 Å². The van der Waals surface area contributed by atoms with Crippen molar-refractivity contribution in [1.82, 2.24) is 9.55 Å². The SMILES string of the molecule is O=C(Cc1cccnc1)N1CCn2c3ccccc3c(=O)c3cccc1c32. The summed E-state index contributed by atoms with van der Waals surface area (Å²) >= 11 is 0. The number of amides is 1. The van der Waals surface area contributed by atoms with Gasteiger partial charge in [0.25, 0.3) is 0 Å². The molecule has 0 aliphatic carbocycles. The molecule has 2 aromatic carbocycles. The van der Waals surface area contributed by atoms with Gasteiger partial charge in [0.2, 0.25) is 5.91 Å². The molecule has 1 aliphatic heterocycles. The second-order valence-corrected chi connectivity index (χ2v) is 6.75. The fourth-order valence-electron chi connectivity index (χ4n) is 3.97. The molecule has 4 aromatic rings.